The summed E-state index contributed by atoms with van der Waals surface area (Å²) in [5.74, 6) is -0.400. The second-order valence-electron chi connectivity index (χ2n) is 7.17. The first-order valence-corrected chi connectivity index (χ1v) is 9.17. The number of ketones is 2. The van der Waals surface area contributed by atoms with Crippen LogP contribution in [0.4, 0.5) is 0 Å². The third-order valence-corrected chi connectivity index (χ3v) is 5.55. The van der Waals surface area contributed by atoms with Gasteiger partial charge in [-0.15, -0.1) is 0 Å². The summed E-state index contributed by atoms with van der Waals surface area (Å²) in [5.41, 5.74) is 3.45. The van der Waals surface area contributed by atoms with Gasteiger partial charge in [-0.3, -0.25) is 14.5 Å². The molecule has 2 aromatic carbocycles. The zero-order valence-electron chi connectivity index (χ0n) is 15.1. The molecule has 0 radical (unpaired) electrons. The molecule has 1 fully saturated rings. The lowest BCUT2D eigenvalue weighted by atomic mass is 9.83. The van der Waals surface area contributed by atoms with Crippen molar-refractivity contribution in [1.29, 1.82) is 0 Å². The second kappa shape index (κ2) is 6.15. The van der Waals surface area contributed by atoms with Crippen molar-refractivity contribution in [3.8, 4) is 11.3 Å². The maximum absolute atomic E-state index is 13.0. The van der Waals surface area contributed by atoms with E-state index in [0.29, 0.717) is 42.2 Å². The topological polar surface area (TPSA) is 59.8 Å². The molecule has 0 N–H and O–H groups in total. The number of benzene rings is 2. The summed E-state index contributed by atoms with van der Waals surface area (Å²) in [6.45, 7) is 5.57. The molecule has 5 nitrogen and oxygen atoms in total. The molecular weight excluding hydrogens is 342 g/mol. The van der Waals surface area contributed by atoms with Crippen LogP contribution in [0.3, 0.4) is 0 Å². The van der Waals surface area contributed by atoms with E-state index < -0.39 is 11.6 Å². The number of aryl methyl sites for hydroxylation is 1. The summed E-state index contributed by atoms with van der Waals surface area (Å²) in [6, 6.07) is 9.71. The van der Waals surface area contributed by atoms with Crippen molar-refractivity contribution in [3.63, 3.8) is 0 Å². The molecule has 1 aromatic heterocycles. The van der Waals surface area contributed by atoms with Gasteiger partial charge in [-0.25, -0.2) is 0 Å². The smallest absolute Gasteiger partial charge is 0.237 e. The number of morpholine rings is 1. The number of furan rings is 1. The lowest BCUT2D eigenvalue weighted by Crippen LogP contribution is -2.36. The van der Waals surface area contributed by atoms with Crippen molar-refractivity contribution in [2.24, 2.45) is 0 Å². The number of fused-ring (bicyclic) bond motifs is 5. The Labute approximate surface area is 156 Å². The van der Waals surface area contributed by atoms with Gasteiger partial charge in [0.2, 0.25) is 11.6 Å². The fourth-order valence-electron chi connectivity index (χ4n) is 4.13. The summed E-state index contributed by atoms with van der Waals surface area (Å²) >= 11 is 0. The zero-order chi connectivity index (χ0) is 18.5. The molecule has 5 rings (SSSR count). The SMILES string of the molecule is Cc1cccc2c3c(ccc12)-c1occ(CN2CCOCC2)c1C(=O)C3=O. The van der Waals surface area contributed by atoms with Gasteiger partial charge < -0.3 is 9.15 Å². The normalized spacial score (nSPS) is 17.2. The lowest BCUT2D eigenvalue weighted by molar-refractivity contribution is 0.0340. The number of ether oxygens (including phenoxy) is 1. The molecule has 0 amide bonds. The third kappa shape index (κ3) is 2.46. The monoisotopic (exact) mass is 361 g/mol. The largest absolute Gasteiger partial charge is 0.463 e. The van der Waals surface area contributed by atoms with Crippen LogP contribution in [-0.4, -0.2) is 42.8 Å². The summed E-state index contributed by atoms with van der Waals surface area (Å²) in [6.07, 6.45) is 1.63. The van der Waals surface area contributed by atoms with E-state index >= 15 is 0 Å². The Kier molecular flexibility index (Phi) is 3.74. The summed E-state index contributed by atoms with van der Waals surface area (Å²) < 4.78 is 11.2. The van der Waals surface area contributed by atoms with Crippen molar-refractivity contribution in [3.05, 3.63) is 58.8 Å². The standard InChI is InChI=1S/C22H19NO4/c1-13-3-2-4-16-15(13)5-6-17-19(16)21(25)20(24)18-14(12-27-22(17)18)11-23-7-9-26-10-8-23/h2-6,12H,7-11H2,1H3. The van der Waals surface area contributed by atoms with Gasteiger partial charge in [-0.2, -0.15) is 0 Å². The van der Waals surface area contributed by atoms with Gasteiger partial charge in [0.05, 0.1) is 25.0 Å². The van der Waals surface area contributed by atoms with Gasteiger partial charge in [0.25, 0.3) is 0 Å². The van der Waals surface area contributed by atoms with Gasteiger partial charge >= 0.3 is 0 Å². The highest BCUT2D eigenvalue weighted by molar-refractivity contribution is 6.54. The van der Waals surface area contributed by atoms with Gasteiger partial charge in [0.1, 0.15) is 5.76 Å². The molecule has 27 heavy (non-hydrogen) atoms. The average molecular weight is 361 g/mol. The fourth-order valence-corrected chi connectivity index (χ4v) is 4.13. The van der Waals surface area contributed by atoms with Crippen LogP contribution in [-0.2, 0) is 11.3 Å². The first-order valence-electron chi connectivity index (χ1n) is 9.17. The van der Waals surface area contributed by atoms with Crippen LogP contribution in [0.2, 0.25) is 0 Å². The Morgan fingerprint density at radius 3 is 2.56 bits per heavy atom. The first kappa shape index (κ1) is 16.4. The molecule has 2 aliphatic rings. The maximum Gasteiger partial charge on any atom is 0.237 e. The molecule has 1 saturated heterocycles. The Bertz CT molecular complexity index is 1090. The maximum atomic E-state index is 13.0. The van der Waals surface area contributed by atoms with Gasteiger partial charge in [0, 0.05) is 36.3 Å². The molecule has 0 spiro atoms. The molecule has 3 aromatic rings. The summed E-state index contributed by atoms with van der Waals surface area (Å²) in [4.78, 5) is 28.2. The van der Waals surface area contributed by atoms with Crippen molar-refractivity contribution in [2.45, 2.75) is 13.5 Å². The van der Waals surface area contributed by atoms with Crippen molar-refractivity contribution < 1.29 is 18.7 Å². The van der Waals surface area contributed by atoms with E-state index in [4.69, 9.17) is 9.15 Å². The van der Waals surface area contributed by atoms with E-state index in [1.165, 1.54) is 0 Å². The molecule has 5 heteroatoms. The molecule has 2 heterocycles. The van der Waals surface area contributed by atoms with Crippen LogP contribution in [0.25, 0.3) is 22.1 Å². The highest BCUT2D eigenvalue weighted by Crippen LogP contribution is 2.40. The minimum absolute atomic E-state index is 0.422. The predicted octanol–water partition coefficient (Wildman–Crippen LogP) is 3.62. The van der Waals surface area contributed by atoms with Crippen LogP contribution in [0.5, 0.6) is 0 Å². The van der Waals surface area contributed by atoms with Gasteiger partial charge in [-0.1, -0.05) is 24.3 Å². The van der Waals surface area contributed by atoms with Crippen LogP contribution in [0, 0.1) is 6.92 Å². The molecule has 0 unspecified atom stereocenters. The molecule has 0 saturated carbocycles. The minimum atomic E-state index is -0.469. The molecular formula is C22H19NO4. The number of Topliss-reactive ketones (excluding diaryl/α,β-unsaturated/α-hetero) is 2. The number of nitrogens with zero attached hydrogens (tertiary/aromatic N) is 1. The number of hydrogen-bond acceptors (Lipinski definition) is 5. The average Bonchev–Trinajstić information content (AvgIpc) is 3.10. The third-order valence-electron chi connectivity index (χ3n) is 5.55. The molecule has 0 bridgehead atoms. The van der Waals surface area contributed by atoms with Gasteiger partial charge in [0.15, 0.2) is 0 Å². The van der Waals surface area contributed by atoms with Crippen LogP contribution in [0.15, 0.2) is 41.0 Å². The lowest BCUT2D eigenvalue weighted by Gasteiger charge is -2.26. The van der Waals surface area contributed by atoms with E-state index in [2.05, 4.69) is 4.90 Å². The first-order chi connectivity index (χ1) is 13.1. The molecule has 1 aliphatic carbocycles. The molecule has 1 aliphatic heterocycles. The number of carbonyl (C=O) groups is 2. The van der Waals surface area contributed by atoms with Gasteiger partial charge in [-0.05, 0) is 29.3 Å². The quantitative estimate of drug-likeness (QED) is 0.653. The Balaban J connectivity index is 1.66. The zero-order valence-corrected chi connectivity index (χ0v) is 15.1. The van der Waals surface area contributed by atoms with Crippen LogP contribution < -0.4 is 0 Å². The van der Waals surface area contributed by atoms with Crippen LogP contribution >= 0.6 is 0 Å². The Morgan fingerprint density at radius 2 is 1.74 bits per heavy atom. The highest BCUT2D eigenvalue weighted by atomic mass is 16.5. The number of carbonyl (C=O) groups excluding carboxylic acids is 2. The van der Waals surface area contributed by atoms with Crippen molar-refractivity contribution in [2.75, 3.05) is 26.3 Å². The van der Waals surface area contributed by atoms with E-state index in [1.54, 1.807) is 6.26 Å². The van der Waals surface area contributed by atoms with E-state index in [0.717, 1.165) is 35.0 Å². The predicted molar refractivity (Wildman–Crippen MR) is 101 cm³/mol. The van der Waals surface area contributed by atoms with Crippen molar-refractivity contribution in [1.82, 2.24) is 4.90 Å². The summed E-state index contributed by atoms with van der Waals surface area (Å²) in [5, 5.41) is 1.79. The van der Waals surface area contributed by atoms with Crippen molar-refractivity contribution >= 4 is 22.3 Å². The van der Waals surface area contributed by atoms with Crippen LogP contribution in [0.1, 0.15) is 31.8 Å². The van der Waals surface area contributed by atoms with E-state index in [9.17, 15) is 9.59 Å². The number of hydrogen-bond donors (Lipinski definition) is 0. The van der Waals surface area contributed by atoms with E-state index in [1.807, 2.05) is 37.3 Å². The fraction of sp³-hybridized carbons (Fsp3) is 0.273. The molecule has 136 valence electrons. The second-order valence-corrected chi connectivity index (χ2v) is 7.17. The summed E-state index contributed by atoms with van der Waals surface area (Å²) in [7, 11) is 0. The number of rotatable bonds is 2. The highest BCUT2D eigenvalue weighted by Gasteiger charge is 2.37. The van der Waals surface area contributed by atoms with E-state index in [-0.39, 0.29) is 0 Å². The molecule has 0 atom stereocenters. The minimum Gasteiger partial charge on any atom is -0.463 e. The Morgan fingerprint density at radius 1 is 0.963 bits per heavy atom. The Hall–Kier alpha value is -2.76.